The minimum atomic E-state index is -4.29. The Labute approximate surface area is 207 Å². The fourth-order valence-electron chi connectivity index (χ4n) is 3.46. The number of benzene rings is 1. The monoisotopic (exact) mass is 528 g/mol. The highest BCUT2D eigenvalue weighted by Gasteiger charge is 2.56. The number of ether oxygens (including phenoxy) is 2. The summed E-state index contributed by atoms with van der Waals surface area (Å²) in [4.78, 5) is 28.0. The molecule has 12 nitrogen and oxygen atoms in total. The maximum absolute atomic E-state index is 15.5. The molecule has 1 saturated heterocycles. The van der Waals surface area contributed by atoms with E-state index < -0.39 is 62.3 Å². The molecule has 0 aliphatic carbocycles. The summed E-state index contributed by atoms with van der Waals surface area (Å²) in [5.74, 6) is -0.599. The number of aliphatic hydroxyl groups excluding tert-OH is 1. The van der Waals surface area contributed by atoms with E-state index in [9.17, 15) is 19.3 Å². The summed E-state index contributed by atoms with van der Waals surface area (Å²) in [6.45, 7) is 5.16. The Hall–Kier alpha value is -2.83. The minimum absolute atomic E-state index is 0.0644. The van der Waals surface area contributed by atoms with Crippen LogP contribution in [0.4, 0.5) is 10.2 Å². The van der Waals surface area contributed by atoms with E-state index in [4.69, 9.17) is 24.3 Å². The number of nitrogens with two attached hydrogens (primary N) is 1. The standard InChI is InChI=1S/C22H30FN4O8P/c1-13(2)33-19(29)14(3)26-36(31,35-15-8-6-5-7-9-15)32-12-16-18(28)22(4,23)20(34-16)27-11-10-17(24)25-21(27)30/h5-11,13-14,16,18,20,28H,12H2,1-4H3,(H,26,31)(H2,24,25,30)/t14?,16?,18-,20?,22-,36?/m1/s1. The summed E-state index contributed by atoms with van der Waals surface area (Å²) >= 11 is 0. The SMILES string of the molecule is CC(C)OC(=O)C(C)NP(=O)(OCC1OC(n2ccc(N)nc2=O)[C@](C)(F)[C@@H]1O)Oc1ccccc1. The fourth-order valence-corrected chi connectivity index (χ4v) is 4.96. The number of aromatic nitrogens is 2. The molecule has 0 radical (unpaired) electrons. The van der Waals surface area contributed by atoms with E-state index in [1.807, 2.05) is 0 Å². The molecule has 1 aliphatic heterocycles. The van der Waals surface area contributed by atoms with Crippen molar-refractivity contribution in [3.8, 4) is 5.75 Å². The molecule has 4 N–H and O–H groups in total. The third kappa shape index (κ3) is 6.48. The molecule has 1 fully saturated rings. The molecule has 198 valence electrons. The molecule has 2 heterocycles. The van der Waals surface area contributed by atoms with Gasteiger partial charge in [-0.25, -0.2) is 13.8 Å². The molecule has 1 aromatic heterocycles. The number of halogens is 1. The predicted molar refractivity (Wildman–Crippen MR) is 127 cm³/mol. The van der Waals surface area contributed by atoms with Crippen LogP contribution in [0.2, 0.25) is 0 Å². The molecule has 0 spiro atoms. The van der Waals surface area contributed by atoms with E-state index >= 15 is 4.39 Å². The van der Waals surface area contributed by atoms with Crippen molar-refractivity contribution in [2.75, 3.05) is 12.3 Å². The number of nitrogens with zero attached hydrogens (tertiary/aromatic N) is 2. The van der Waals surface area contributed by atoms with Gasteiger partial charge in [0.15, 0.2) is 11.9 Å². The molecule has 0 saturated carbocycles. The molecular weight excluding hydrogens is 498 g/mol. The van der Waals surface area contributed by atoms with Crippen LogP contribution in [0.25, 0.3) is 0 Å². The highest BCUT2D eigenvalue weighted by atomic mass is 31.2. The van der Waals surface area contributed by atoms with Crippen LogP contribution in [0.1, 0.15) is 33.9 Å². The maximum atomic E-state index is 15.5. The Morgan fingerprint density at radius 3 is 2.61 bits per heavy atom. The molecule has 4 unspecified atom stereocenters. The second-order valence-electron chi connectivity index (χ2n) is 8.70. The number of nitrogens with one attached hydrogen (secondary N) is 1. The normalized spacial score (nSPS) is 26.4. The molecule has 1 aromatic carbocycles. The third-order valence-electron chi connectivity index (χ3n) is 5.26. The number of hydrogen-bond donors (Lipinski definition) is 3. The first-order valence-electron chi connectivity index (χ1n) is 11.2. The van der Waals surface area contributed by atoms with Crippen molar-refractivity contribution in [1.82, 2.24) is 14.6 Å². The summed E-state index contributed by atoms with van der Waals surface area (Å²) in [5.41, 5.74) is 2.16. The first-order valence-corrected chi connectivity index (χ1v) is 12.7. The summed E-state index contributed by atoms with van der Waals surface area (Å²) < 4.78 is 51.6. The molecule has 3 rings (SSSR count). The van der Waals surface area contributed by atoms with E-state index in [1.165, 1.54) is 31.3 Å². The number of anilines is 1. The summed E-state index contributed by atoms with van der Waals surface area (Å²) in [7, 11) is -4.29. The van der Waals surface area contributed by atoms with Crippen molar-refractivity contribution >= 4 is 19.5 Å². The van der Waals surface area contributed by atoms with Crippen molar-refractivity contribution in [2.45, 2.75) is 63.9 Å². The fraction of sp³-hybridized carbons (Fsp3) is 0.500. The summed E-state index contributed by atoms with van der Waals surface area (Å²) in [6.07, 6.45) is -3.92. The van der Waals surface area contributed by atoms with Crippen LogP contribution in [0, 0.1) is 0 Å². The van der Waals surface area contributed by atoms with Crippen LogP contribution in [0.3, 0.4) is 0 Å². The molecule has 2 aromatic rings. The molecular formula is C22H30FN4O8P. The minimum Gasteiger partial charge on any atom is -0.462 e. The predicted octanol–water partition coefficient (Wildman–Crippen LogP) is 1.95. The zero-order chi connectivity index (χ0) is 26.7. The zero-order valence-electron chi connectivity index (χ0n) is 20.2. The molecule has 0 amide bonds. The van der Waals surface area contributed by atoms with Gasteiger partial charge in [0, 0.05) is 6.20 Å². The van der Waals surface area contributed by atoms with Crippen LogP contribution >= 0.6 is 7.75 Å². The molecule has 36 heavy (non-hydrogen) atoms. The van der Waals surface area contributed by atoms with Crippen LogP contribution in [0.15, 0.2) is 47.4 Å². The number of para-hydroxylation sites is 1. The smallest absolute Gasteiger partial charge is 0.459 e. The number of alkyl halides is 1. The topological polar surface area (TPSA) is 164 Å². The maximum Gasteiger partial charge on any atom is 0.459 e. The first kappa shape index (κ1) is 27.8. The van der Waals surface area contributed by atoms with Gasteiger partial charge in [-0.05, 0) is 45.9 Å². The number of aliphatic hydroxyl groups is 1. The molecule has 6 atom stereocenters. The van der Waals surface area contributed by atoms with Crippen LogP contribution in [0.5, 0.6) is 5.75 Å². The van der Waals surface area contributed by atoms with Gasteiger partial charge < -0.3 is 24.8 Å². The molecule has 0 bridgehead atoms. The van der Waals surface area contributed by atoms with Gasteiger partial charge in [0.25, 0.3) is 0 Å². The van der Waals surface area contributed by atoms with Crippen molar-refractivity contribution in [1.29, 1.82) is 0 Å². The Morgan fingerprint density at radius 2 is 2.00 bits per heavy atom. The van der Waals surface area contributed by atoms with E-state index in [-0.39, 0.29) is 11.6 Å². The van der Waals surface area contributed by atoms with E-state index in [1.54, 1.807) is 32.0 Å². The quantitative estimate of drug-likeness (QED) is 0.305. The van der Waals surface area contributed by atoms with Crippen molar-refractivity contribution in [2.24, 2.45) is 0 Å². The molecule has 14 heteroatoms. The Balaban J connectivity index is 1.79. The third-order valence-corrected chi connectivity index (χ3v) is 6.90. The van der Waals surface area contributed by atoms with Crippen molar-refractivity contribution in [3.05, 3.63) is 53.1 Å². The first-order chi connectivity index (χ1) is 16.8. The zero-order valence-corrected chi connectivity index (χ0v) is 21.1. The van der Waals surface area contributed by atoms with Gasteiger partial charge in [0.05, 0.1) is 12.7 Å². The highest BCUT2D eigenvalue weighted by molar-refractivity contribution is 7.52. The largest absolute Gasteiger partial charge is 0.462 e. The lowest BCUT2D eigenvalue weighted by Gasteiger charge is -2.25. The molecule has 1 aliphatic rings. The summed E-state index contributed by atoms with van der Waals surface area (Å²) in [6, 6.07) is 8.20. The average Bonchev–Trinajstić information content (AvgIpc) is 3.01. The van der Waals surface area contributed by atoms with E-state index in [2.05, 4.69) is 10.1 Å². The van der Waals surface area contributed by atoms with Gasteiger partial charge in [-0.1, -0.05) is 18.2 Å². The lowest BCUT2D eigenvalue weighted by atomic mass is 9.98. The second kappa shape index (κ2) is 11.1. The average molecular weight is 528 g/mol. The van der Waals surface area contributed by atoms with Crippen molar-refractivity contribution < 1.29 is 37.4 Å². The number of carbonyl (C=O) groups is 1. The van der Waals surface area contributed by atoms with Gasteiger partial charge in [-0.2, -0.15) is 10.1 Å². The van der Waals surface area contributed by atoms with Crippen LogP contribution < -0.4 is 21.0 Å². The highest BCUT2D eigenvalue weighted by Crippen LogP contribution is 2.47. The second-order valence-corrected chi connectivity index (χ2v) is 10.4. The Morgan fingerprint density at radius 1 is 1.33 bits per heavy atom. The Bertz CT molecular complexity index is 1160. The number of carbonyl (C=O) groups excluding carboxylic acids is 1. The van der Waals surface area contributed by atoms with Crippen LogP contribution in [-0.2, 0) is 23.4 Å². The van der Waals surface area contributed by atoms with Gasteiger partial charge in [0.2, 0.25) is 0 Å². The van der Waals surface area contributed by atoms with E-state index in [0.717, 1.165) is 11.5 Å². The lowest BCUT2D eigenvalue weighted by molar-refractivity contribution is -0.149. The van der Waals surface area contributed by atoms with Gasteiger partial charge in [-0.3, -0.25) is 13.9 Å². The van der Waals surface area contributed by atoms with E-state index in [0.29, 0.717) is 0 Å². The lowest BCUT2D eigenvalue weighted by Crippen LogP contribution is -2.43. The van der Waals surface area contributed by atoms with Gasteiger partial charge in [-0.15, -0.1) is 0 Å². The summed E-state index contributed by atoms with van der Waals surface area (Å²) in [5, 5.41) is 13.1. The number of hydrogen-bond acceptors (Lipinski definition) is 10. The Kier molecular flexibility index (Phi) is 8.52. The van der Waals surface area contributed by atoms with Gasteiger partial charge in [0.1, 0.15) is 29.8 Å². The number of esters is 1. The number of nitrogen functional groups attached to an aromatic ring is 1. The number of rotatable bonds is 10. The van der Waals surface area contributed by atoms with Crippen molar-refractivity contribution in [3.63, 3.8) is 0 Å². The van der Waals surface area contributed by atoms with Crippen LogP contribution in [-0.4, -0.2) is 57.3 Å². The van der Waals surface area contributed by atoms with Gasteiger partial charge >= 0.3 is 19.4 Å².